The van der Waals surface area contributed by atoms with Gasteiger partial charge in [0.1, 0.15) is 5.54 Å². The quantitative estimate of drug-likeness (QED) is 0.290. The molecule has 1 heterocycles. The van der Waals surface area contributed by atoms with E-state index < -0.39 is 5.54 Å². The van der Waals surface area contributed by atoms with Gasteiger partial charge >= 0.3 is 0 Å². The summed E-state index contributed by atoms with van der Waals surface area (Å²) < 4.78 is 0. The predicted octanol–water partition coefficient (Wildman–Crippen LogP) is 8.04. The highest BCUT2D eigenvalue weighted by atomic mass is 16.2. The average molecular weight is 432 g/mol. The summed E-state index contributed by atoms with van der Waals surface area (Å²) >= 11 is 0. The molecule has 0 aromatic rings. The molecular weight excluding hydrogens is 390 g/mol. The van der Waals surface area contributed by atoms with Crippen molar-refractivity contribution in [2.75, 3.05) is 0 Å². The lowest BCUT2D eigenvalue weighted by atomic mass is 9.74. The monoisotopic (exact) mass is 431 g/mol. The van der Waals surface area contributed by atoms with Gasteiger partial charge in [0.05, 0.1) is 0 Å². The van der Waals surface area contributed by atoms with Gasteiger partial charge < -0.3 is 5.32 Å². The van der Waals surface area contributed by atoms with Crippen LogP contribution >= 0.6 is 0 Å². The Hall–Kier alpha value is -3.13. The molecule has 1 aliphatic heterocycles. The van der Waals surface area contributed by atoms with E-state index in [0.717, 1.165) is 34.3 Å². The lowest BCUT2D eigenvalue weighted by Gasteiger charge is -2.34. The van der Waals surface area contributed by atoms with Crippen molar-refractivity contribution in [2.45, 2.75) is 60.4 Å². The molecule has 1 unspecified atom stereocenters. The number of carbonyl (C=O) groups excluding carboxylic acids is 1. The van der Waals surface area contributed by atoms with Crippen LogP contribution in [0.25, 0.3) is 0 Å². The summed E-state index contributed by atoms with van der Waals surface area (Å²) in [5.41, 5.74) is 4.54. The van der Waals surface area contributed by atoms with Gasteiger partial charge in [-0.3, -0.25) is 4.79 Å². The highest BCUT2D eigenvalue weighted by Gasteiger charge is 2.48. The lowest BCUT2D eigenvalue weighted by molar-refractivity contribution is -0.116. The maximum Gasteiger partial charge on any atom is 0.252 e. The second kappa shape index (κ2) is 14.8. The van der Waals surface area contributed by atoms with Crippen LogP contribution in [0, 0.1) is 0 Å². The van der Waals surface area contributed by atoms with Gasteiger partial charge in [-0.15, -0.1) is 0 Å². The molecule has 0 spiro atoms. The van der Waals surface area contributed by atoms with Crippen LogP contribution < -0.4 is 5.32 Å². The van der Waals surface area contributed by atoms with Crippen LogP contribution in [-0.4, -0.2) is 11.4 Å². The minimum Gasteiger partial charge on any atom is -0.334 e. The molecule has 172 valence electrons. The summed E-state index contributed by atoms with van der Waals surface area (Å²) in [7, 11) is 0. The van der Waals surface area contributed by atoms with Gasteiger partial charge in [-0.2, -0.15) is 0 Å². The SMILES string of the molecule is C=C/C=C1\C(=C/C)C(=O)NC1(/C(C=C)=C/C=C(C)\C=C/C)C(/C=C\C(=C)C)=C/CC.CC. The molecule has 0 aromatic heterocycles. The van der Waals surface area contributed by atoms with Crippen LogP contribution in [-0.2, 0) is 4.79 Å². The zero-order chi connectivity index (χ0) is 24.7. The molecule has 1 N–H and O–H groups in total. The minimum atomic E-state index is -0.858. The van der Waals surface area contributed by atoms with E-state index in [4.69, 9.17) is 0 Å². The molecule has 1 rings (SSSR count). The highest BCUT2D eigenvalue weighted by Crippen LogP contribution is 2.43. The largest absolute Gasteiger partial charge is 0.334 e. The Morgan fingerprint density at radius 1 is 1.03 bits per heavy atom. The predicted molar refractivity (Wildman–Crippen MR) is 143 cm³/mol. The number of rotatable bonds is 9. The summed E-state index contributed by atoms with van der Waals surface area (Å²) in [5, 5.41) is 3.26. The standard InChI is InChI=1S/C28H35NO.C2H6/c1-9-14-22(8)18-20-23(12-4)28(24(15-10-2)19-17-21(6)7)26(16-11-3)25(13-5)27(30)29-28;1-2/h9,11-20H,3-4,6,10H2,1-2,5,7-8H3,(H,29,30);1-2H3/b14-9-,19-17-,22-18-,23-20+,24-15+,25-13+,26-16+;. The van der Waals surface area contributed by atoms with Crippen LogP contribution in [0.15, 0.2) is 120 Å². The summed E-state index contributed by atoms with van der Waals surface area (Å²) in [5.74, 6) is -0.113. The second-order valence-corrected chi connectivity index (χ2v) is 7.21. The van der Waals surface area contributed by atoms with Gasteiger partial charge in [0.25, 0.3) is 5.91 Å². The number of carbonyl (C=O) groups is 1. The summed E-state index contributed by atoms with van der Waals surface area (Å²) in [6.45, 7) is 25.9. The van der Waals surface area contributed by atoms with Crippen LogP contribution in [0.3, 0.4) is 0 Å². The molecule has 2 nitrogen and oxygen atoms in total. The first kappa shape index (κ1) is 28.9. The van der Waals surface area contributed by atoms with Crippen molar-refractivity contribution in [2.24, 2.45) is 0 Å². The molecule has 0 radical (unpaired) electrons. The van der Waals surface area contributed by atoms with E-state index in [0.29, 0.717) is 5.57 Å². The van der Waals surface area contributed by atoms with Crippen molar-refractivity contribution < 1.29 is 4.79 Å². The molecule has 1 fully saturated rings. The number of hydrogen-bond acceptors (Lipinski definition) is 1. The molecule has 1 saturated heterocycles. The van der Waals surface area contributed by atoms with Gasteiger partial charge in [0.2, 0.25) is 0 Å². The fourth-order valence-electron chi connectivity index (χ4n) is 3.55. The fraction of sp³-hybridized carbons (Fsp3) is 0.300. The molecule has 1 atom stereocenters. The third kappa shape index (κ3) is 6.95. The maximum absolute atomic E-state index is 13.0. The van der Waals surface area contributed by atoms with Gasteiger partial charge in [-0.1, -0.05) is 118 Å². The Kier molecular flexibility index (Phi) is 13.4. The Balaban J connectivity index is 0.00000466. The van der Waals surface area contributed by atoms with Crippen molar-refractivity contribution in [1.82, 2.24) is 5.32 Å². The normalized spacial score (nSPS) is 22.3. The van der Waals surface area contributed by atoms with E-state index >= 15 is 0 Å². The maximum atomic E-state index is 13.0. The summed E-state index contributed by atoms with van der Waals surface area (Å²) in [4.78, 5) is 13.0. The Bertz CT molecular complexity index is 912. The van der Waals surface area contributed by atoms with Crippen molar-refractivity contribution in [1.29, 1.82) is 0 Å². The van der Waals surface area contributed by atoms with Gasteiger partial charge in [-0.05, 0) is 50.8 Å². The third-order valence-electron chi connectivity index (χ3n) is 4.83. The minimum absolute atomic E-state index is 0.113. The molecule has 1 amide bonds. The Labute approximate surface area is 196 Å². The van der Waals surface area contributed by atoms with E-state index in [1.165, 1.54) is 0 Å². The van der Waals surface area contributed by atoms with Crippen molar-refractivity contribution >= 4 is 5.91 Å². The van der Waals surface area contributed by atoms with Crippen LogP contribution in [0.4, 0.5) is 0 Å². The van der Waals surface area contributed by atoms with Crippen LogP contribution in [0.2, 0.25) is 0 Å². The molecule has 0 aliphatic carbocycles. The number of nitrogens with one attached hydrogen (secondary N) is 1. The highest BCUT2D eigenvalue weighted by molar-refractivity contribution is 6.05. The Morgan fingerprint density at radius 2 is 1.69 bits per heavy atom. The van der Waals surface area contributed by atoms with Gasteiger partial charge in [-0.25, -0.2) is 0 Å². The third-order valence-corrected chi connectivity index (χ3v) is 4.83. The van der Waals surface area contributed by atoms with Gasteiger partial charge in [0, 0.05) is 5.57 Å². The zero-order valence-corrected chi connectivity index (χ0v) is 21.1. The Morgan fingerprint density at radius 3 is 2.16 bits per heavy atom. The molecular formula is C30H41NO. The number of amides is 1. The number of hydrogen-bond donors (Lipinski definition) is 1. The topological polar surface area (TPSA) is 29.1 Å². The molecule has 0 bridgehead atoms. The van der Waals surface area contributed by atoms with Crippen molar-refractivity contribution in [3.63, 3.8) is 0 Å². The molecule has 32 heavy (non-hydrogen) atoms. The van der Waals surface area contributed by atoms with Crippen molar-refractivity contribution in [3.05, 3.63) is 120 Å². The van der Waals surface area contributed by atoms with E-state index in [1.54, 1.807) is 6.08 Å². The first-order chi connectivity index (χ1) is 15.3. The molecule has 2 heteroatoms. The van der Waals surface area contributed by atoms with Crippen molar-refractivity contribution in [3.8, 4) is 0 Å². The first-order valence-corrected chi connectivity index (χ1v) is 11.3. The summed E-state index contributed by atoms with van der Waals surface area (Å²) in [6.07, 6.45) is 22.3. The number of allylic oxidation sites excluding steroid dienone is 11. The summed E-state index contributed by atoms with van der Waals surface area (Å²) in [6, 6.07) is 0. The first-order valence-electron chi connectivity index (χ1n) is 11.3. The van der Waals surface area contributed by atoms with Crippen LogP contribution in [0.5, 0.6) is 0 Å². The van der Waals surface area contributed by atoms with E-state index in [2.05, 4.69) is 38.1 Å². The molecule has 1 aliphatic rings. The zero-order valence-electron chi connectivity index (χ0n) is 21.1. The molecule has 0 saturated carbocycles. The second-order valence-electron chi connectivity index (χ2n) is 7.21. The van der Waals surface area contributed by atoms with Gasteiger partial charge in [0.15, 0.2) is 0 Å². The fourth-order valence-corrected chi connectivity index (χ4v) is 3.55. The van der Waals surface area contributed by atoms with E-state index in [1.807, 2.05) is 96.2 Å². The average Bonchev–Trinajstić information content (AvgIpc) is 3.05. The van der Waals surface area contributed by atoms with E-state index in [9.17, 15) is 4.79 Å². The van der Waals surface area contributed by atoms with Crippen LogP contribution in [0.1, 0.15) is 54.9 Å². The molecule has 0 aromatic carbocycles. The van der Waals surface area contributed by atoms with E-state index in [-0.39, 0.29) is 5.91 Å². The smallest absolute Gasteiger partial charge is 0.252 e. The lowest BCUT2D eigenvalue weighted by Crippen LogP contribution is -2.45.